The van der Waals surface area contributed by atoms with E-state index in [9.17, 15) is 0 Å². The first-order valence-corrected chi connectivity index (χ1v) is 8.48. The summed E-state index contributed by atoms with van der Waals surface area (Å²) < 4.78 is 5.97. The van der Waals surface area contributed by atoms with Crippen molar-refractivity contribution in [3.05, 3.63) is 0 Å². The van der Waals surface area contributed by atoms with Crippen LogP contribution in [-0.2, 0) is 4.74 Å². The highest BCUT2D eigenvalue weighted by atomic mass is 127. The van der Waals surface area contributed by atoms with Gasteiger partial charge in [0.2, 0.25) is 0 Å². The SMILES string of the molecule is CCNC(=NCC1(C)CCCS1)NCC1CCCO1.I. The highest BCUT2D eigenvalue weighted by Gasteiger charge is 2.29. The highest BCUT2D eigenvalue weighted by molar-refractivity contribution is 14.0. The summed E-state index contributed by atoms with van der Waals surface area (Å²) in [5.41, 5.74) is 0. The maximum absolute atomic E-state index is 5.63. The molecule has 0 bridgehead atoms. The minimum absolute atomic E-state index is 0. The van der Waals surface area contributed by atoms with E-state index in [1.54, 1.807) is 0 Å². The van der Waals surface area contributed by atoms with Gasteiger partial charge in [0.1, 0.15) is 0 Å². The molecule has 6 heteroatoms. The maximum atomic E-state index is 5.63. The maximum Gasteiger partial charge on any atom is 0.191 e. The Morgan fingerprint density at radius 1 is 1.40 bits per heavy atom. The lowest BCUT2D eigenvalue weighted by atomic mass is 10.1. The molecular formula is C14H28IN3OS. The van der Waals surface area contributed by atoms with Crippen LogP contribution in [0.2, 0.25) is 0 Å². The van der Waals surface area contributed by atoms with Crippen molar-refractivity contribution >= 4 is 41.7 Å². The first-order valence-electron chi connectivity index (χ1n) is 7.49. The fraction of sp³-hybridized carbons (Fsp3) is 0.929. The summed E-state index contributed by atoms with van der Waals surface area (Å²) in [6.07, 6.45) is 5.33. The fourth-order valence-electron chi connectivity index (χ4n) is 2.57. The summed E-state index contributed by atoms with van der Waals surface area (Å²) >= 11 is 2.06. The van der Waals surface area contributed by atoms with Crippen LogP contribution in [0.4, 0.5) is 0 Å². The van der Waals surface area contributed by atoms with Crippen LogP contribution in [0.1, 0.15) is 39.5 Å². The van der Waals surface area contributed by atoms with Gasteiger partial charge in [0, 0.05) is 24.4 Å². The molecule has 2 aliphatic rings. The van der Waals surface area contributed by atoms with E-state index in [2.05, 4.69) is 36.2 Å². The Hall–Kier alpha value is 0.310. The molecule has 0 aromatic carbocycles. The predicted molar refractivity (Wildman–Crippen MR) is 98.5 cm³/mol. The highest BCUT2D eigenvalue weighted by Crippen LogP contribution is 2.37. The van der Waals surface area contributed by atoms with Crippen LogP contribution in [-0.4, -0.2) is 48.8 Å². The second-order valence-corrected chi connectivity index (χ2v) is 7.30. The summed E-state index contributed by atoms with van der Waals surface area (Å²) in [6.45, 7) is 8.03. The van der Waals surface area contributed by atoms with Crippen LogP contribution >= 0.6 is 35.7 Å². The predicted octanol–water partition coefficient (Wildman–Crippen LogP) is 2.62. The molecule has 2 rings (SSSR count). The van der Waals surface area contributed by atoms with Gasteiger partial charge >= 0.3 is 0 Å². The van der Waals surface area contributed by atoms with E-state index in [-0.39, 0.29) is 24.0 Å². The third-order valence-electron chi connectivity index (χ3n) is 3.74. The second kappa shape index (κ2) is 9.35. The number of aliphatic imine (C=N–C) groups is 1. The Bertz CT molecular complexity index is 303. The van der Waals surface area contributed by atoms with Crippen molar-refractivity contribution in [2.24, 2.45) is 4.99 Å². The average Bonchev–Trinajstić information content (AvgIpc) is 3.05. The van der Waals surface area contributed by atoms with Gasteiger partial charge in [-0.1, -0.05) is 0 Å². The van der Waals surface area contributed by atoms with Crippen LogP contribution < -0.4 is 10.6 Å². The molecule has 0 saturated carbocycles. The van der Waals surface area contributed by atoms with Crippen molar-refractivity contribution < 1.29 is 4.74 Å². The van der Waals surface area contributed by atoms with Gasteiger partial charge in [-0.3, -0.25) is 4.99 Å². The fourth-order valence-corrected chi connectivity index (χ4v) is 3.79. The van der Waals surface area contributed by atoms with E-state index in [1.807, 2.05) is 0 Å². The normalized spacial score (nSPS) is 30.1. The zero-order valence-electron chi connectivity index (χ0n) is 12.6. The van der Waals surface area contributed by atoms with Gasteiger partial charge < -0.3 is 15.4 Å². The van der Waals surface area contributed by atoms with Crippen LogP contribution in [0.25, 0.3) is 0 Å². The minimum atomic E-state index is 0. The van der Waals surface area contributed by atoms with E-state index in [0.717, 1.165) is 32.2 Å². The molecule has 2 unspecified atom stereocenters. The molecule has 2 heterocycles. The summed E-state index contributed by atoms with van der Waals surface area (Å²) in [4.78, 5) is 4.75. The Kier molecular flexibility index (Phi) is 8.59. The zero-order chi connectivity index (χ0) is 13.6. The quantitative estimate of drug-likeness (QED) is 0.413. The van der Waals surface area contributed by atoms with Gasteiger partial charge in [0.05, 0.1) is 12.6 Å². The monoisotopic (exact) mass is 413 g/mol. The first-order chi connectivity index (χ1) is 9.22. The Morgan fingerprint density at radius 3 is 2.85 bits per heavy atom. The molecule has 2 saturated heterocycles. The van der Waals surface area contributed by atoms with Crippen LogP contribution in [0.15, 0.2) is 4.99 Å². The van der Waals surface area contributed by atoms with Crippen molar-refractivity contribution in [1.82, 2.24) is 10.6 Å². The van der Waals surface area contributed by atoms with Crippen molar-refractivity contribution in [2.45, 2.75) is 50.4 Å². The minimum Gasteiger partial charge on any atom is -0.376 e. The molecule has 0 aromatic rings. The standard InChI is InChI=1S/C14H27N3OS.HI/c1-3-15-13(16-10-12-6-4-8-18-12)17-11-14(2)7-5-9-19-14;/h12H,3-11H2,1-2H3,(H2,15,16,17);1H. The molecule has 2 aliphatic heterocycles. The smallest absolute Gasteiger partial charge is 0.191 e. The zero-order valence-corrected chi connectivity index (χ0v) is 15.8. The topological polar surface area (TPSA) is 45.7 Å². The van der Waals surface area contributed by atoms with Crippen molar-refractivity contribution in [2.75, 3.05) is 32.0 Å². The van der Waals surface area contributed by atoms with E-state index in [1.165, 1.54) is 31.4 Å². The third-order valence-corrected chi connectivity index (χ3v) is 5.26. The van der Waals surface area contributed by atoms with Crippen LogP contribution in [0, 0.1) is 0 Å². The molecule has 2 fully saturated rings. The molecule has 20 heavy (non-hydrogen) atoms. The molecule has 2 atom stereocenters. The largest absolute Gasteiger partial charge is 0.376 e. The number of thioether (sulfide) groups is 1. The summed E-state index contributed by atoms with van der Waals surface area (Å²) in [7, 11) is 0. The Morgan fingerprint density at radius 2 is 2.25 bits per heavy atom. The number of guanidine groups is 1. The lowest BCUT2D eigenvalue weighted by molar-refractivity contribution is 0.114. The van der Waals surface area contributed by atoms with Gasteiger partial charge in [-0.05, 0) is 45.3 Å². The Balaban J connectivity index is 0.00000200. The number of ether oxygens (including phenoxy) is 1. The van der Waals surface area contributed by atoms with Gasteiger partial charge in [0.15, 0.2) is 5.96 Å². The molecule has 0 aromatic heterocycles. The van der Waals surface area contributed by atoms with E-state index >= 15 is 0 Å². The first kappa shape index (κ1) is 18.4. The van der Waals surface area contributed by atoms with Gasteiger partial charge in [-0.15, -0.1) is 24.0 Å². The van der Waals surface area contributed by atoms with E-state index < -0.39 is 0 Å². The summed E-state index contributed by atoms with van der Waals surface area (Å²) in [6, 6.07) is 0. The average molecular weight is 413 g/mol. The molecule has 0 amide bonds. The lowest BCUT2D eigenvalue weighted by Crippen LogP contribution is -2.41. The van der Waals surface area contributed by atoms with E-state index in [4.69, 9.17) is 9.73 Å². The molecule has 0 spiro atoms. The van der Waals surface area contributed by atoms with Gasteiger partial charge in [-0.25, -0.2) is 0 Å². The third kappa shape index (κ3) is 5.97. The second-order valence-electron chi connectivity index (χ2n) is 5.61. The molecule has 2 N–H and O–H groups in total. The number of hydrogen-bond acceptors (Lipinski definition) is 3. The van der Waals surface area contributed by atoms with Crippen molar-refractivity contribution in [3.8, 4) is 0 Å². The lowest BCUT2D eigenvalue weighted by Gasteiger charge is -2.21. The molecule has 118 valence electrons. The van der Waals surface area contributed by atoms with Crippen LogP contribution in [0.3, 0.4) is 0 Å². The summed E-state index contributed by atoms with van der Waals surface area (Å²) in [5, 5.41) is 6.73. The van der Waals surface area contributed by atoms with Gasteiger partial charge in [-0.2, -0.15) is 11.8 Å². The van der Waals surface area contributed by atoms with E-state index in [0.29, 0.717) is 10.9 Å². The number of nitrogens with one attached hydrogen (secondary N) is 2. The van der Waals surface area contributed by atoms with Gasteiger partial charge in [0.25, 0.3) is 0 Å². The van der Waals surface area contributed by atoms with Crippen LogP contribution in [0.5, 0.6) is 0 Å². The van der Waals surface area contributed by atoms with Crippen molar-refractivity contribution in [3.63, 3.8) is 0 Å². The summed E-state index contributed by atoms with van der Waals surface area (Å²) in [5.74, 6) is 2.22. The number of nitrogens with zero attached hydrogens (tertiary/aromatic N) is 1. The molecule has 0 aliphatic carbocycles. The molecule has 0 radical (unpaired) electrons. The molecule has 4 nitrogen and oxygen atoms in total. The number of hydrogen-bond donors (Lipinski definition) is 2. The number of rotatable bonds is 5. The Labute approximate surface area is 144 Å². The van der Waals surface area contributed by atoms with Crippen molar-refractivity contribution in [1.29, 1.82) is 0 Å². The number of halogens is 1. The molecular weight excluding hydrogens is 385 g/mol.